The van der Waals surface area contributed by atoms with Gasteiger partial charge >= 0.3 is 5.69 Å². The Morgan fingerprint density at radius 3 is 2.35 bits per heavy atom. The summed E-state index contributed by atoms with van der Waals surface area (Å²) in [5.74, 6) is -0.138. The third kappa shape index (κ3) is 6.13. The minimum absolute atomic E-state index is 0.0400. The quantitative estimate of drug-likeness (QED) is 0.190. The number of benzene rings is 3. The molecule has 10 heteroatoms. The summed E-state index contributed by atoms with van der Waals surface area (Å²) in [5, 5.41) is 14.8. The minimum atomic E-state index is -0.484. The Bertz CT molecular complexity index is 1560. The largest absolute Gasteiger partial charge is 0.352 e. The van der Waals surface area contributed by atoms with E-state index < -0.39 is 10.6 Å². The van der Waals surface area contributed by atoms with Crippen molar-refractivity contribution in [1.82, 2.24) is 14.5 Å². The highest BCUT2D eigenvalue weighted by atomic mass is 35.5. The molecule has 0 radical (unpaired) electrons. The van der Waals surface area contributed by atoms with Gasteiger partial charge in [0.25, 0.3) is 11.2 Å². The number of unbranched alkanes of at least 4 members (excludes halogenated alkanes) is 1. The molecular formula is C27H25ClN4O5. The summed E-state index contributed by atoms with van der Waals surface area (Å²) >= 11 is 6.11. The van der Waals surface area contributed by atoms with Gasteiger partial charge in [0.1, 0.15) is 0 Å². The zero-order valence-electron chi connectivity index (χ0n) is 19.9. The summed E-state index contributed by atoms with van der Waals surface area (Å²) in [6.07, 6.45) is 1.21. The fourth-order valence-electron chi connectivity index (χ4n) is 4.11. The van der Waals surface area contributed by atoms with Crippen molar-refractivity contribution in [1.29, 1.82) is 0 Å². The van der Waals surface area contributed by atoms with Crippen molar-refractivity contribution >= 4 is 34.1 Å². The predicted octanol–water partition coefficient (Wildman–Crippen LogP) is 4.26. The molecule has 0 spiro atoms. The van der Waals surface area contributed by atoms with E-state index in [2.05, 4.69) is 5.32 Å². The van der Waals surface area contributed by atoms with E-state index in [1.807, 2.05) is 18.2 Å². The molecule has 3 aromatic carbocycles. The maximum Gasteiger partial charge on any atom is 0.331 e. The second kappa shape index (κ2) is 11.7. The van der Waals surface area contributed by atoms with Crippen molar-refractivity contribution in [2.45, 2.75) is 38.9 Å². The number of rotatable bonds is 10. The Morgan fingerprint density at radius 2 is 1.62 bits per heavy atom. The van der Waals surface area contributed by atoms with Crippen molar-refractivity contribution < 1.29 is 9.72 Å². The Hall–Kier alpha value is -4.24. The van der Waals surface area contributed by atoms with Gasteiger partial charge in [0, 0.05) is 36.7 Å². The molecular weight excluding hydrogens is 496 g/mol. The van der Waals surface area contributed by atoms with Gasteiger partial charge in [0.15, 0.2) is 0 Å². The monoisotopic (exact) mass is 520 g/mol. The third-order valence-corrected chi connectivity index (χ3v) is 6.46. The summed E-state index contributed by atoms with van der Waals surface area (Å²) in [4.78, 5) is 49.1. The molecule has 9 nitrogen and oxygen atoms in total. The second-order valence-corrected chi connectivity index (χ2v) is 9.00. The van der Waals surface area contributed by atoms with E-state index in [0.29, 0.717) is 40.9 Å². The molecule has 0 bridgehead atoms. The van der Waals surface area contributed by atoms with Gasteiger partial charge in [0.05, 0.1) is 22.4 Å². The molecule has 37 heavy (non-hydrogen) atoms. The Kier molecular flexibility index (Phi) is 8.15. The molecule has 1 heterocycles. The summed E-state index contributed by atoms with van der Waals surface area (Å²) in [6.45, 7) is 0.651. The van der Waals surface area contributed by atoms with Crippen LogP contribution in [0.4, 0.5) is 5.69 Å². The molecule has 1 N–H and O–H groups in total. The zero-order valence-corrected chi connectivity index (χ0v) is 20.7. The lowest BCUT2D eigenvalue weighted by Crippen LogP contribution is -2.40. The number of nitrogens with zero attached hydrogens (tertiary/aromatic N) is 3. The molecule has 4 rings (SSSR count). The average Bonchev–Trinajstić information content (AvgIpc) is 2.90. The molecule has 0 saturated carbocycles. The maximum absolute atomic E-state index is 13.3. The molecule has 0 atom stereocenters. The first-order chi connectivity index (χ1) is 17.8. The number of aromatic nitrogens is 2. The van der Waals surface area contributed by atoms with Crippen LogP contribution in [-0.4, -0.2) is 20.0 Å². The first-order valence-corrected chi connectivity index (χ1v) is 12.2. The molecule has 0 unspecified atom stereocenters. The number of para-hydroxylation sites is 1. The van der Waals surface area contributed by atoms with E-state index in [-0.39, 0.29) is 36.7 Å². The number of fused-ring (bicyclic) bond motifs is 1. The van der Waals surface area contributed by atoms with E-state index in [1.54, 1.807) is 42.5 Å². The average molecular weight is 521 g/mol. The molecule has 0 fully saturated rings. The lowest BCUT2D eigenvalue weighted by Gasteiger charge is -2.14. The number of carbonyl (C=O) groups is 1. The van der Waals surface area contributed by atoms with Crippen LogP contribution in [0.2, 0.25) is 5.02 Å². The van der Waals surface area contributed by atoms with E-state index in [4.69, 9.17) is 11.6 Å². The topological polar surface area (TPSA) is 116 Å². The van der Waals surface area contributed by atoms with E-state index in [9.17, 15) is 24.5 Å². The van der Waals surface area contributed by atoms with Crippen LogP contribution in [-0.2, 0) is 24.4 Å². The van der Waals surface area contributed by atoms with Crippen molar-refractivity contribution in [2.75, 3.05) is 0 Å². The highest BCUT2D eigenvalue weighted by Crippen LogP contribution is 2.16. The number of non-ortho nitro benzene ring substituents is 1. The van der Waals surface area contributed by atoms with Gasteiger partial charge in [-0.3, -0.25) is 28.8 Å². The fraction of sp³-hybridized carbons (Fsp3) is 0.222. The van der Waals surface area contributed by atoms with Gasteiger partial charge in [-0.05, 0) is 42.2 Å². The van der Waals surface area contributed by atoms with Gasteiger partial charge in [-0.1, -0.05) is 54.1 Å². The zero-order chi connectivity index (χ0) is 26.4. The van der Waals surface area contributed by atoms with E-state index >= 15 is 0 Å². The molecule has 1 aromatic heterocycles. The van der Waals surface area contributed by atoms with Crippen molar-refractivity contribution in [3.05, 3.63) is 120 Å². The SMILES string of the molecule is O=C(CCCCn1c(=O)c2ccccc2n(Cc2ccc([N+](=O)[O-])cc2)c1=O)NCc1ccccc1Cl. The minimum Gasteiger partial charge on any atom is -0.352 e. The standard InChI is InChI=1S/C27H25ClN4O5/c28-23-9-3-1-7-20(23)17-29-25(33)11-5-6-16-30-26(34)22-8-2-4-10-24(22)31(27(30)35)18-19-12-14-21(15-13-19)32(36)37/h1-4,7-10,12-15H,5-6,11,16-18H2,(H,29,33). The third-order valence-electron chi connectivity index (χ3n) is 6.09. The Labute approximate surface area is 217 Å². The number of nitro groups is 1. The van der Waals surface area contributed by atoms with Crippen LogP contribution in [0.15, 0.2) is 82.4 Å². The normalized spacial score (nSPS) is 10.9. The fourth-order valence-corrected chi connectivity index (χ4v) is 4.31. The van der Waals surface area contributed by atoms with Crippen LogP contribution in [0.3, 0.4) is 0 Å². The number of amides is 1. The van der Waals surface area contributed by atoms with Crippen molar-refractivity contribution in [2.24, 2.45) is 0 Å². The van der Waals surface area contributed by atoms with E-state index in [1.165, 1.54) is 21.3 Å². The summed E-state index contributed by atoms with van der Waals surface area (Å²) in [7, 11) is 0. The second-order valence-electron chi connectivity index (χ2n) is 8.59. The van der Waals surface area contributed by atoms with Gasteiger partial charge in [-0.2, -0.15) is 0 Å². The number of nitrogens with one attached hydrogen (secondary N) is 1. The molecule has 190 valence electrons. The first kappa shape index (κ1) is 25.8. The van der Waals surface area contributed by atoms with Gasteiger partial charge in [-0.25, -0.2) is 4.79 Å². The number of hydrogen-bond donors (Lipinski definition) is 1. The molecule has 0 aliphatic carbocycles. The van der Waals surface area contributed by atoms with Crippen molar-refractivity contribution in [3.8, 4) is 0 Å². The summed E-state index contributed by atoms with van der Waals surface area (Å²) < 4.78 is 2.68. The van der Waals surface area contributed by atoms with Gasteiger partial charge < -0.3 is 5.32 Å². The van der Waals surface area contributed by atoms with Crippen LogP contribution in [0.25, 0.3) is 10.9 Å². The number of carbonyl (C=O) groups excluding carboxylic acids is 1. The van der Waals surface area contributed by atoms with Crippen LogP contribution in [0.1, 0.15) is 30.4 Å². The van der Waals surface area contributed by atoms with E-state index in [0.717, 1.165) is 5.56 Å². The summed E-state index contributed by atoms with van der Waals surface area (Å²) in [6, 6.07) is 20.1. The van der Waals surface area contributed by atoms with Crippen LogP contribution in [0.5, 0.6) is 0 Å². The number of nitro benzene ring substituents is 1. The van der Waals surface area contributed by atoms with Gasteiger partial charge in [0.2, 0.25) is 5.91 Å². The smallest absolute Gasteiger partial charge is 0.331 e. The highest BCUT2D eigenvalue weighted by Gasteiger charge is 2.14. The lowest BCUT2D eigenvalue weighted by atomic mass is 10.2. The van der Waals surface area contributed by atoms with Crippen molar-refractivity contribution in [3.63, 3.8) is 0 Å². The van der Waals surface area contributed by atoms with Crippen LogP contribution < -0.4 is 16.6 Å². The van der Waals surface area contributed by atoms with Crippen LogP contribution in [0, 0.1) is 10.1 Å². The predicted molar refractivity (Wildman–Crippen MR) is 142 cm³/mol. The Morgan fingerprint density at radius 1 is 0.919 bits per heavy atom. The Balaban J connectivity index is 1.46. The highest BCUT2D eigenvalue weighted by molar-refractivity contribution is 6.31. The molecule has 0 aliphatic heterocycles. The summed E-state index contributed by atoms with van der Waals surface area (Å²) in [5.41, 5.74) is 1.12. The first-order valence-electron chi connectivity index (χ1n) is 11.8. The molecule has 4 aromatic rings. The number of halogens is 1. The van der Waals surface area contributed by atoms with Gasteiger partial charge in [-0.15, -0.1) is 0 Å². The molecule has 0 saturated heterocycles. The lowest BCUT2D eigenvalue weighted by molar-refractivity contribution is -0.384. The molecule has 0 aliphatic rings. The number of hydrogen-bond acceptors (Lipinski definition) is 5. The maximum atomic E-state index is 13.3. The molecule has 1 amide bonds. The van der Waals surface area contributed by atoms with Crippen LogP contribution >= 0.6 is 11.6 Å².